The Hall–Kier alpha value is -2.92. The quantitative estimate of drug-likeness (QED) is 0.613. The van der Waals surface area contributed by atoms with Crippen molar-refractivity contribution in [1.82, 2.24) is 29.9 Å². The number of aromatic nitrogens is 3. The fourth-order valence-electron chi connectivity index (χ4n) is 5.23. The SMILES string of the molecule is C=C1CN(C(=O)N2Cc3[nH]nc(NC(=O)c4csc(CC)n4)c3C2)C(CC)CN1CC1CCOCC1. The number of rotatable bonds is 6. The van der Waals surface area contributed by atoms with Gasteiger partial charge < -0.3 is 24.8 Å². The Kier molecular flexibility index (Phi) is 7.29. The summed E-state index contributed by atoms with van der Waals surface area (Å²) >= 11 is 1.47. The zero-order valence-corrected chi connectivity index (χ0v) is 21.9. The number of urea groups is 1. The summed E-state index contributed by atoms with van der Waals surface area (Å²) in [6, 6.07) is 0.138. The molecule has 0 spiro atoms. The second-order valence-corrected chi connectivity index (χ2v) is 10.8. The molecule has 2 fully saturated rings. The normalized spacial score (nSPS) is 20.7. The van der Waals surface area contributed by atoms with Gasteiger partial charge in [0.15, 0.2) is 5.82 Å². The van der Waals surface area contributed by atoms with Crippen LogP contribution in [-0.2, 0) is 24.2 Å². The molecule has 2 aromatic heterocycles. The summed E-state index contributed by atoms with van der Waals surface area (Å²) in [5.74, 6) is 0.806. The van der Waals surface area contributed by atoms with E-state index in [1.165, 1.54) is 11.3 Å². The van der Waals surface area contributed by atoms with Gasteiger partial charge in [0.2, 0.25) is 0 Å². The Bertz CT molecular complexity index is 1120. The van der Waals surface area contributed by atoms with Crippen LogP contribution in [0.1, 0.15) is 59.9 Å². The van der Waals surface area contributed by atoms with E-state index >= 15 is 0 Å². The van der Waals surface area contributed by atoms with E-state index in [9.17, 15) is 9.59 Å². The van der Waals surface area contributed by atoms with E-state index in [0.717, 1.165) is 73.9 Å². The van der Waals surface area contributed by atoms with Gasteiger partial charge in [0.05, 0.1) is 36.4 Å². The summed E-state index contributed by atoms with van der Waals surface area (Å²) in [6.45, 7) is 13.3. The van der Waals surface area contributed by atoms with Gasteiger partial charge in [-0.3, -0.25) is 9.89 Å². The maximum Gasteiger partial charge on any atom is 0.321 e. The van der Waals surface area contributed by atoms with Gasteiger partial charge in [0, 0.05) is 42.9 Å². The van der Waals surface area contributed by atoms with Crippen LogP contribution in [0.2, 0.25) is 0 Å². The highest BCUT2D eigenvalue weighted by molar-refractivity contribution is 7.09. The number of piperazine rings is 1. The summed E-state index contributed by atoms with van der Waals surface area (Å²) in [5, 5.41) is 12.8. The fraction of sp³-hybridized carbons (Fsp3) is 0.600. The molecule has 2 N–H and O–H groups in total. The molecule has 3 aliphatic heterocycles. The number of anilines is 1. The molecule has 194 valence electrons. The number of hydrogen-bond donors (Lipinski definition) is 2. The van der Waals surface area contributed by atoms with Crippen molar-refractivity contribution in [2.24, 2.45) is 5.92 Å². The van der Waals surface area contributed by atoms with E-state index in [2.05, 4.69) is 38.9 Å². The standard InChI is InChI=1S/C25H35N7O3S/c1-4-18-12-30(11-17-6-8-35-9-7-17)16(3)10-32(18)25(34)31-13-19-20(14-31)28-29-23(19)27-24(33)21-15-36-22(5-2)26-21/h15,17-18H,3-14H2,1-2H3,(H2,27,28,29,33). The Balaban J connectivity index is 1.21. The van der Waals surface area contributed by atoms with Crippen molar-refractivity contribution in [3.63, 3.8) is 0 Å². The minimum absolute atomic E-state index is 0.00248. The van der Waals surface area contributed by atoms with Crippen LogP contribution in [0.5, 0.6) is 0 Å². The van der Waals surface area contributed by atoms with E-state index in [4.69, 9.17) is 4.74 Å². The number of H-pyrrole nitrogens is 1. The highest BCUT2D eigenvalue weighted by atomic mass is 32.1. The summed E-state index contributed by atoms with van der Waals surface area (Å²) < 4.78 is 5.51. The molecule has 0 aromatic carbocycles. The lowest BCUT2D eigenvalue weighted by Gasteiger charge is -2.45. The van der Waals surface area contributed by atoms with Crippen LogP contribution in [0.15, 0.2) is 17.7 Å². The first-order valence-corrected chi connectivity index (χ1v) is 13.7. The molecule has 3 amide bonds. The van der Waals surface area contributed by atoms with E-state index in [1.807, 2.05) is 16.7 Å². The van der Waals surface area contributed by atoms with Crippen LogP contribution in [0, 0.1) is 5.92 Å². The number of aryl methyl sites for hydroxylation is 1. The molecule has 11 heteroatoms. The van der Waals surface area contributed by atoms with Gasteiger partial charge in [-0.1, -0.05) is 20.4 Å². The third kappa shape index (κ3) is 4.99. The van der Waals surface area contributed by atoms with Gasteiger partial charge in [0.25, 0.3) is 5.91 Å². The van der Waals surface area contributed by atoms with E-state index in [0.29, 0.717) is 37.1 Å². The second kappa shape index (κ2) is 10.6. The molecule has 0 saturated carbocycles. The molecule has 10 nitrogen and oxygen atoms in total. The van der Waals surface area contributed by atoms with Crippen LogP contribution in [0.25, 0.3) is 0 Å². The molecule has 0 aliphatic carbocycles. The van der Waals surface area contributed by atoms with E-state index < -0.39 is 0 Å². The van der Waals surface area contributed by atoms with E-state index in [-0.39, 0.29) is 18.0 Å². The average molecular weight is 514 g/mol. The van der Waals surface area contributed by atoms with Gasteiger partial charge in [-0.15, -0.1) is 11.3 Å². The number of carbonyl (C=O) groups excluding carboxylic acids is 2. The Morgan fingerprint density at radius 1 is 1.25 bits per heavy atom. The molecule has 2 saturated heterocycles. The molecular weight excluding hydrogens is 478 g/mol. The van der Waals surface area contributed by atoms with Crippen LogP contribution >= 0.6 is 11.3 Å². The molecule has 5 rings (SSSR count). The molecule has 1 unspecified atom stereocenters. The smallest absolute Gasteiger partial charge is 0.321 e. The van der Waals surface area contributed by atoms with Gasteiger partial charge in [-0.25, -0.2) is 9.78 Å². The highest BCUT2D eigenvalue weighted by Gasteiger charge is 2.37. The molecular formula is C25H35N7O3S. The molecule has 36 heavy (non-hydrogen) atoms. The molecule has 5 heterocycles. The van der Waals surface area contributed by atoms with Gasteiger partial charge >= 0.3 is 6.03 Å². The lowest BCUT2D eigenvalue weighted by atomic mass is 9.98. The number of aromatic amines is 1. The van der Waals surface area contributed by atoms with Crippen molar-refractivity contribution < 1.29 is 14.3 Å². The van der Waals surface area contributed by atoms with Crippen LogP contribution in [0.4, 0.5) is 10.6 Å². The van der Waals surface area contributed by atoms with Crippen LogP contribution in [-0.4, -0.2) is 80.7 Å². The van der Waals surface area contributed by atoms with Crippen molar-refractivity contribution >= 4 is 29.1 Å². The Labute approximate surface area is 215 Å². The second-order valence-electron chi connectivity index (χ2n) is 9.82. The number of carbonyl (C=O) groups is 2. The topological polar surface area (TPSA) is 107 Å². The third-order valence-corrected chi connectivity index (χ3v) is 8.44. The lowest BCUT2D eigenvalue weighted by molar-refractivity contribution is 0.0440. The van der Waals surface area contributed by atoms with E-state index in [1.54, 1.807) is 5.38 Å². The Morgan fingerprint density at radius 3 is 2.78 bits per heavy atom. The number of amides is 3. The first kappa shape index (κ1) is 24.8. The van der Waals surface area contributed by atoms with Crippen molar-refractivity contribution in [2.45, 2.75) is 58.7 Å². The zero-order valence-electron chi connectivity index (χ0n) is 21.1. The number of thiazole rings is 1. The third-order valence-electron chi connectivity index (χ3n) is 7.45. The minimum Gasteiger partial charge on any atom is -0.381 e. The first-order valence-electron chi connectivity index (χ1n) is 12.8. The summed E-state index contributed by atoms with van der Waals surface area (Å²) in [6.07, 6.45) is 3.86. The maximum absolute atomic E-state index is 13.6. The minimum atomic E-state index is -0.284. The van der Waals surface area contributed by atoms with Gasteiger partial charge in [-0.05, 0) is 31.6 Å². The Morgan fingerprint density at radius 2 is 2.06 bits per heavy atom. The molecule has 3 aliphatic rings. The number of hydrogen-bond acceptors (Lipinski definition) is 7. The van der Waals surface area contributed by atoms with Crippen molar-refractivity contribution in [3.05, 3.63) is 39.6 Å². The average Bonchev–Trinajstić information content (AvgIpc) is 3.62. The lowest BCUT2D eigenvalue weighted by Crippen LogP contribution is -2.56. The largest absolute Gasteiger partial charge is 0.381 e. The monoisotopic (exact) mass is 513 g/mol. The maximum atomic E-state index is 13.6. The summed E-state index contributed by atoms with van der Waals surface area (Å²) in [7, 11) is 0. The number of ether oxygens (including phenoxy) is 1. The zero-order chi connectivity index (χ0) is 25.2. The predicted molar refractivity (Wildman–Crippen MR) is 138 cm³/mol. The number of nitrogens with zero attached hydrogens (tertiary/aromatic N) is 5. The fourth-order valence-corrected chi connectivity index (χ4v) is 5.96. The first-order chi connectivity index (χ1) is 17.5. The van der Waals surface area contributed by atoms with Crippen molar-refractivity contribution in [2.75, 3.05) is 38.2 Å². The van der Waals surface area contributed by atoms with Gasteiger partial charge in [0.1, 0.15) is 5.69 Å². The van der Waals surface area contributed by atoms with Crippen molar-refractivity contribution in [1.29, 1.82) is 0 Å². The predicted octanol–water partition coefficient (Wildman–Crippen LogP) is 3.45. The molecule has 0 radical (unpaired) electrons. The summed E-state index contributed by atoms with van der Waals surface area (Å²) in [5.41, 5.74) is 3.10. The molecule has 1 atom stereocenters. The van der Waals surface area contributed by atoms with Crippen LogP contribution in [0.3, 0.4) is 0 Å². The number of fused-ring (bicyclic) bond motifs is 1. The van der Waals surface area contributed by atoms with Crippen molar-refractivity contribution in [3.8, 4) is 0 Å². The van der Waals surface area contributed by atoms with Crippen LogP contribution < -0.4 is 5.32 Å². The summed E-state index contributed by atoms with van der Waals surface area (Å²) in [4.78, 5) is 36.8. The molecule has 0 bridgehead atoms. The van der Waals surface area contributed by atoms with Gasteiger partial charge in [-0.2, -0.15) is 5.10 Å². The highest BCUT2D eigenvalue weighted by Crippen LogP contribution is 2.31. The molecule has 2 aromatic rings. The number of nitrogens with one attached hydrogen (secondary N) is 2.